The summed E-state index contributed by atoms with van der Waals surface area (Å²) in [5.74, 6) is 0. The maximum absolute atomic E-state index is 4.31. The van der Waals surface area contributed by atoms with Gasteiger partial charge in [-0.1, -0.05) is 30.0 Å². The van der Waals surface area contributed by atoms with Gasteiger partial charge in [-0.25, -0.2) is 4.98 Å². The quantitative estimate of drug-likeness (QED) is 0.754. The fourth-order valence-corrected chi connectivity index (χ4v) is 2.30. The van der Waals surface area contributed by atoms with Crippen molar-refractivity contribution in [2.24, 2.45) is 0 Å². The van der Waals surface area contributed by atoms with Gasteiger partial charge in [0, 0.05) is 11.1 Å². The van der Waals surface area contributed by atoms with Crippen LogP contribution in [-0.2, 0) is 0 Å². The highest BCUT2D eigenvalue weighted by Crippen LogP contribution is 2.29. The summed E-state index contributed by atoms with van der Waals surface area (Å²) in [6.45, 7) is 4.24. The molecule has 2 aromatic rings. The smallest absolute Gasteiger partial charge is 0.101 e. The highest BCUT2D eigenvalue weighted by Gasteiger charge is 2.01. The van der Waals surface area contributed by atoms with E-state index in [9.17, 15) is 0 Å². The van der Waals surface area contributed by atoms with Crippen LogP contribution in [0.5, 0.6) is 0 Å². The van der Waals surface area contributed by atoms with Gasteiger partial charge >= 0.3 is 0 Å². The molecule has 0 unspecified atom stereocenters. The van der Waals surface area contributed by atoms with Crippen LogP contribution in [0.3, 0.4) is 0 Å². The summed E-state index contributed by atoms with van der Waals surface area (Å²) >= 11 is 1.72. The summed E-state index contributed by atoms with van der Waals surface area (Å²) in [6.07, 6.45) is 1.83. The molecule has 0 saturated heterocycles. The average Bonchev–Trinajstić information content (AvgIpc) is 2.25. The molecular weight excluding hydrogens is 202 g/mol. The molecule has 1 aromatic carbocycles. The van der Waals surface area contributed by atoms with E-state index in [0.29, 0.717) is 0 Å². The molecule has 1 aromatic heterocycles. The SMILES string of the molecule is Cc1ccc(C)c(Sc2ccccn2)c1. The molecule has 0 atom stereocenters. The van der Waals surface area contributed by atoms with Crippen molar-refractivity contribution >= 4 is 11.8 Å². The molecule has 0 aliphatic heterocycles. The van der Waals surface area contributed by atoms with Crippen LogP contribution in [0.2, 0.25) is 0 Å². The zero-order chi connectivity index (χ0) is 10.7. The highest BCUT2D eigenvalue weighted by molar-refractivity contribution is 7.99. The third-order valence-corrected chi connectivity index (χ3v) is 3.31. The van der Waals surface area contributed by atoms with Crippen LogP contribution < -0.4 is 0 Å². The second kappa shape index (κ2) is 4.49. The van der Waals surface area contributed by atoms with Gasteiger partial charge in [-0.2, -0.15) is 0 Å². The molecule has 15 heavy (non-hydrogen) atoms. The number of benzene rings is 1. The molecule has 1 heterocycles. The molecule has 0 aliphatic rings. The minimum Gasteiger partial charge on any atom is -0.250 e. The summed E-state index contributed by atoms with van der Waals surface area (Å²) in [5, 5.41) is 1.05. The number of rotatable bonds is 2. The number of aryl methyl sites for hydroxylation is 2. The van der Waals surface area contributed by atoms with Crippen LogP contribution in [0.4, 0.5) is 0 Å². The molecule has 2 rings (SSSR count). The first-order valence-electron chi connectivity index (χ1n) is 4.92. The van der Waals surface area contributed by atoms with Gasteiger partial charge in [0.2, 0.25) is 0 Å². The van der Waals surface area contributed by atoms with Crippen molar-refractivity contribution in [3.05, 3.63) is 53.7 Å². The second-order valence-electron chi connectivity index (χ2n) is 3.54. The van der Waals surface area contributed by atoms with Gasteiger partial charge in [-0.3, -0.25) is 0 Å². The van der Waals surface area contributed by atoms with E-state index in [1.165, 1.54) is 16.0 Å². The molecule has 0 fully saturated rings. The largest absolute Gasteiger partial charge is 0.250 e. The zero-order valence-electron chi connectivity index (χ0n) is 8.90. The molecule has 0 radical (unpaired) electrons. The zero-order valence-corrected chi connectivity index (χ0v) is 9.71. The van der Waals surface area contributed by atoms with Crippen LogP contribution in [0, 0.1) is 13.8 Å². The summed E-state index contributed by atoms with van der Waals surface area (Å²) < 4.78 is 0. The Morgan fingerprint density at radius 2 is 1.93 bits per heavy atom. The Labute approximate surface area is 94.6 Å². The Morgan fingerprint density at radius 3 is 2.67 bits per heavy atom. The predicted octanol–water partition coefficient (Wildman–Crippen LogP) is 3.85. The topological polar surface area (TPSA) is 12.9 Å². The van der Waals surface area contributed by atoms with Gasteiger partial charge < -0.3 is 0 Å². The maximum atomic E-state index is 4.31. The third kappa shape index (κ3) is 2.60. The third-order valence-electron chi connectivity index (χ3n) is 2.20. The number of pyridine rings is 1. The predicted molar refractivity (Wildman–Crippen MR) is 64.3 cm³/mol. The van der Waals surface area contributed by atoms with E-state index in [-0.39, 0.29) is 0 Å². The van der Waals surface area contributed by atoms with Crippen molar-refractivity contribution in [2.75, 3.05) is 0 Å². The molecule has 0 N–H and O–H groups in total. The minimum absolute atomic E-state index is 1.05. The van der Waals surface area contributed by atoms with Crippen LogP contribution in [-0.4, -0.2) is 4.98 Å². The summed E-state index contributed by atoms with van der Waals surface area (Å²) in [6, 6.07) is 12.5. The fourth-order valence-electron chi connectivity index (χ4n) is 1.34. The summed E-state index contributed by atoms with van der Waals surface area (Å²) in [7, 11) is 0. The van der Waals surface area contributed by atoms with Crippen molar-refractivity contribution in [1.29, 1.82) is 0 Å². The van der Waals surface area contributed by atoms with E-state index in [0.717, 1.165) is 5.03 Å². The molecular formula is C13H13NS. The van der Waals surface area contributed by atoms with Gasteiger partial charge in [0.25, 0.3) is 0 Å². The van der Waals surface area contributed by atoms with Crippen molar-refractivity contribution in [1.82, 2.24) is 4.98 Å². The Balaban J connectivity index is 2.28. The lowest BCUT2D eigenvalue weighted by Crippen LogP contribution is -1.83. The number of hydrogen-bond donors (Lipinski definition) is 0. The van der Waals surface area contributed by atoms with Gasteiger partial charge in [0.15, 0.2) is 0 Å². The van der Waals surface area contributed by atoms with Crippen molar-refractivity contribution in [3.63, 3.8) is 0 Å². The average molecular weight is 215 g/mol. The Bertz CT molecular complexity index is 451. The number of aromatic nitrogens is 1. The Hall–Kier alpha value is -1.28. The van der Waals surface area contributed by atoms with Gasteiger partial charge in [-0.05, 0) is 43.2 Å². The van der Waals surface area contributed by atoms with E-state index in [4.69, 9.17) is 0 Å². The first-order valence-corrected chi connectivity index (χ1v) is 5.73. The van der Waals surface area contributed by atoms with Crippen LogP contribution in [0.15, 0.2) is 52.5 Å². The van der Waals surface area contributed by atoms with E-state index < -0.39 is 0 Å². The fraction of sp³-hybridized carbons (Fsp3) is 0.154. The van der Waals surface area contributed by atoms with Crippen LogP contribution in [0.25, 0.3) is 0 Å². The van der Waals surface area contributed by atoms with E-state index >= 15 is 0 Å². The lowest BCUT2D eigenvalue weighted by molar-refractivity contribution is 1.13. The summed E-state index contributed by atoms with van der Waals surface area (Å²) in [4.78, 5) is 5.59. The van der Waals surface area contributed by atoms with Crippen LogP contribution in [0.1, 0.15) is 11.1 Å². The van der Waals surface area contributed by atoms with Gasteiger partial charge in [0.1, 0.15) is 5.03 Å². The first-order chi connectivity index (χ1) is 7.25. The lowest BCUT2D eigenvalue weighted by Gasteiger charge is -2.05. The van der Waals surface area contributed by atoms with Crippen molar-refractivity contribution < 1.29 is 0 Å². The summed E-state index contributed by atoms with van der Waals surface area (Å²) in [5.41, 5.74) is 2.59. The normalized spacial score (nSPS) is 10.3. The van der Waals surface area contributed by atoms with E-state index in [1.807, 2.05) is 24.4 Å². The standard InChI is InChI=1S/C13H13NS/c1-10-6-7-11(2)12(9-10)15-13-5-3-4-8-14-13/h3-9H,1-2H3. The van der Waals surface area contributed by atoms with Crippen LogP contribution >= 0.6 is 11.8 Å². The molecule has 1 nitrogen and oxygen atoms in total. The monoisotopic (exact) mass is 215 g/mol. The molecule has 0 bridgehead atoms. The molecule has 0 spiro atoms. The number of hydrogen-bond acceptors (Lipinski definition) is 2. The van der Waals surface area contributed by atoms with Crippen molar-refractivity contribution in [2.45, 2.75) is 23.8 Å². The number of nitrogens with zero attached hydrogens (tertiary/aromatic N) is 1. The van der Waals surface area contributed by atoms with E-state index in [1.54, 1.807) is 11.8 Å². The molecule has 2 heteroatoms. The maximum Gasteiger partial charge on any atom is 0.101 e. The minimum atomic E-state index is 1.05. The Kier molecular flexibility index (Phi) is 3.07. The molecule has 0 saturated carbocycles. The van der Waals surface area contributed by atoms with E-state index in [2.05, 4.69) is 37.0 Å². The van der Waals surface area contributed by atoms with Gasteiger partial charge in [0.05, 0.1) is 0 Å². The molecule has 0 amide bonds. The Morgan fingerprint density at radius 1 is 1.07 bits per heavy atom. The molecule has 76 valence electrons. The first kappa shape index (κ1) is 10.2. The van der Waals surface area contributed by atoms with Crippen molar-refractivity contribution in [3.8, 4) is 0 Å². The van der Waals surface area contributed by atoms with Gasteiger partial charge in [-0.15, -0.1) is 0 Å². The molecule has 0 aliphatic carbocycles. The lowest BCUT2D eigenvalue weighted by atomic mass is 10.2. The highest BCUT2D eigenvalue weighted by atomic mass is 32.2. The second-order valence-corrected chi connectivity index (χ2v) is 4.60.